The van der Waals surface area contributed by atoms with Crippen LogP contribution < -0.4 is 11.1 Å². The molecule has 0 aromatic carbocycles. The average molecular weight is 204 g/mol. The molecular weight excluding hydrogens is 192 g/mol. The van der Waals surface area contributed by atoms with E-state index in [0.29, 0.717) is 30.6 Å². The molecule has 0 fully saturated rings. The zero-order valence-electron chi connectivity index (χ0n) is 8.23. The molecule has 1 rings (SSSR count). The van der Waals surface area contributed by atoms with E-state index in [2.05, 4.69) is 16.4 Å². The zero-order chi connectivity index (χ0) is 11.1. The fourth-order valence-electron chi connectivity index (χ4n) is 1.12. The van der Waals surface area contributed by atoms with Gasteiger partial charge in [0, 0.05) is 19.2 Å². The number of carbonyl (C=O) groups excluding carboxylic acids is 1. The molecule has 0 aliphatic heterocycles. The fourth-order valence-corrected chi connectivity index (χ4v) is 1.12. The van der Waals surface area contributed by atoms with Crippen LogP contribution in [0.2, 0.25) is 0 Å². The molecule has 1 amide bonds. The highest BCUT2D eigenvalue weighted by molar-refractivity contribution is 5.73. The summed E-state index contributed by atoms with van der Waals surface area (Å²) in [4.78, 5) is 14.4. The van der Waals surface area contributed by atoms with Crippen LogP contribution in [0.1, 0.15) is 18.4 Å². The number of nitrogens with zero attached hydrogens (tertiary/aromatic N) is 2. The van der Waals surface area contributed by atoms with Crippen molar-refractivity contribution >= 4 is 11.6 Å². The summed E-state index contributed by atoms with van der Waals surface area (Å²) in [6.45, 7) is 0.601. The van der Waals surface area contributed by atoms with Crippen LogP contribution in [0.4, 0.5) is 5.69 Å². The molecular formula is C10H12N4O. The van der Waals surface area contributed by atoms with E-state index in [-0.39, 0.29) is 5.91 Å². The van der Waals surface area contributed by atoms with Crippen molar-refractivity contribution in [1.29, 1.82) is 5.26 Å². The summed E-state index contributed by atoms with van der Waals surface area (Å²) in [6.07, 6.45) is 4.14. The summed E-state index contributed by atoms with van der Waals surface area (Å²) >= 11 is 0. The second-order valence-corrected chi connectivity index (χ2v) is 3.03. The second-order valence-electron chi connectivity index (χ2n) is 3.03. The third-order valence-electron chi connectivity index (χ3n) is 1.86. The lowest BCUT2D eigenvalue weighted by Gasteiger charge is -2.05. The van der Waals surface area contributed by atoms with Crippen LogP contribution in [-0.4, -0.2) is 17.4 Å². The van der Waals surface area contributed by atoms with E-state index in [1.807, 2.05) is 0 Å². The first-order chi connectivity index (χ1) is 7.24. The normalized spacial score (nSPS) is 9.27. The number of rotatable bonds is 5. The average Bonchev–Trinajstić information content (AvgIpc) is 2.24. The molecule has 5 nitrogen and oxygen atoms in total. The van der Waals surface area contributed by atoms with Gasteiger partial charge in [-0.1, -0.05) is 0 Å². The minimum absolute atomic E-state index is 0.316. The molecule has 0 radical (unpaired) electrons. The molecule has 0 saturated carbocycles. The molecule has 0 unspecified atom stereocenters. The summed E-state index contributed by atoms with van der Waals surface area (Å²) in [5, 5.41) is 11.8. The van der Waals surface area contributed by atoms with E-state index in [1.54, 1.807) is 18.5 Å². The number of nitrogens with one attached hydrogen (secondary N) is 1. The molecule has 0 aliphatic carbocycles. The third kappa shape index (κ3) is 3.65. The van der Waals surface area contributed by atoms with Crippen LogP contribution in [0.3, 0.4) is 0 Å². The quantitative estimate of drug-likeness (QED) is 0.688. The lowest BCUT2D eigenvalue weighted by molar-refractivity contribution is -0.118. The Hall–Kier alpha value is -2.09. The van der Waals surface area contributed by atoms with Crippen molar-refractivity contribution in [2.45, 2.75) is 12.8 Å². The highest BCUT2D eigenvalue weighted by Gasteiger charge is 2.00. The van der Waals surface area contributed by atoms with Crippen LogP contribution in [0, 0.1) is 11.3 Å². The molecule has 1 aromatic rings. The largest absolute Gasteiger partial charge is 0.383 e. The first-order valence-electron chi connectivity index (χ1n) is 4.60. The van der Waals surface area contributed by atoms with E-state index in [0.717, 1.165) is 0 Å². The Morgan fingerprint density at radius 1 is 1.67 bits per heavy atom. The van der Waals surface area contributed by atoms with Gasteiger partial charge in [0.2, 0.25) is 5.91 Å². The maximum Gasteiger partial charge on any atom is 0.217 e. The number of nitrogens with two attached hydrogens (primary N) is 1. The first-order valence-corrected chi connectivity index (χ1v) is 4.60. The van der Waals surface area contributed by atoms with Crippen LogP contribution in [0.25, 0.3) is 0 Å². The number of aromatic nitrogens is 1. The van der Waals surface area contributed by atoms with Gasteiger partial charge in [0.15, 0.2) is 0 Å². The summed E-state index contributed by atoms with van der Waals surface area (Å²) < 4.78 is 0. The molecule has 78 valence electrons. The van der Waals surface area contributed by atoms with E-state index < -0.39 is 0 Å². The van der Waals surface area contributed by atoms with Crippen LogP contribution in [0.5, 0.6) is 0 Å². The number of hydrogen-bond acceptors (Lipinski definition) is 4. The number of hydrogen-bond donors (Lipinski definition) is 2. The number of anilines is 1. The highest BCUT2D eigenvalue weighted by Crippen LogP contribution is 2.11. The van der Waals surface area contributed by atoms with Crippen LogP contribution in [0.15, 0.2) is 18.5 Å². The molecule has 0 spiro atoms. The number of carbonyl (C=O) groups is 1. The minimum Gasteiger partial charge on any atom is -0.383 e. The van der Waals surface area contributed by atoms with Crippen molar-refractivity contribution in [2.24, 2.45) is 5.73 Å². The van der Waals surface area contributed by atoms with Gasteiger partial charge in [-0.3, -0.25) is 9.78 Å². The standard InChI is InChI=1S/C10H12N4O/c11-6-8-3-5-13-7-9(8)14-4-1-2-10(12)15/h3,5,7,14H,1-2,4H2,(H2,12,15). The van der Waals surface area contributed by atoms with Crippen molar-refractivity contribution < 1.29 is 4.79 Å². The Bertz CT molecular complexity index is 383. The predicted molar refractivity (Wildman–Crippen MR) is 55.9 cm³/mol. The van der Waals surface area contributed by atoms with Crippen LogP contribution in [-0.2, 0) is 4.79 Å². The SMILES string of the molecule is N#Cc1ccncc1NCCCC(N)=O. The van der Waals surface area contributed by atoms with Crippen molar-refractivity contribution in [1.82, 2.24) is 4.98 Å². The number of nitriles is 1. The van der Waals surface area contributed by atoms with E-state index in [4.69, 9.17) is 11.0 Å². The van der Waals surface area contributed by atoms with Gasteiger partial charge in [-0.2, -0.15) is 5.26 Å². The van der Waals surface area contributed by atoms with Crippen molar-refractivity contribution in [3.05, 3.63) is 24.0 Å². The molecule has 15 heavy (non-hydrogen) atoms. The Balaban J connectivity index is 2.44. The molecule has 1 heterocycles. The van der Waals surface area contributed by atoms with Gasteiger partial charge in [0.25, 0.3) is 0 Å². The maximum absolute atomic E-state index is 10.5. The molecule has 1 aromatic heterocycles. The van der Waals surface area contributed by atoms with E-state index in [9.17, 15) is 4.79 Å². The topological polar surface area (TPSA) is 91.8 Å². The zero-order valence-corrected chi connectivity index (χ0v) is 8.23. The van der Waals surface area contributed by atoms with E-state index in [1.165, 1.54) is 0 Å². The Morgan fingerprint density at radius 3 is 3.13 bits per heavy atom. The number of pyridine rings is 1. The lowest BCUT2D eigenvalue weighted by atomic mass is 10.2. The summed E-state index contributed by atoms with van der Waals surface area (Å²) in [5.41, 5.74) is 6.23. The fraction of sp³-hybridized carbons (Fsp3) is 0.300. The van der Waals surface area contributed by atoms with Gasteiger partial charge in [0.05, 0.1) is 17.4 Å². The van der Waals surface area contributed by atoms with Gasteiger partial charge in [-0.15, -0.1) is 0 Å². The molecule has 0 atom stereocenters. The van der Waals surface area contributed by atoms with Gasteiger partial charge >= 0.3 is 0 Å². The van der Waals surface area contributed by atoms with E-state index >= 15 is 0 Å². The second kappa shape index (κ2) is 5.60. The van der Waals surface area contributed by atoms with Gasteiger partial charge in [-0.25, -0.2) is 0 Å². The number of amides is 1. The van der Waals surface area contributed by atoms with Crippen molar-refractivity contribution in [3.63, 3.8) is 0 Å². The summed E-state index contributed by atoms with van der Waals surface area (Å²) in [7, 11) is 0. The Kier molecular flexibility index (Phi) is 4.10. The monoisotopic (exact) mass is 204 g/mol. The Labute approximate surface area is 87.9 Å². The minimum atomic E-state index is -0.316. The number of primary amides is 1. The van der Waals surface area contributed by atoms with Gasteiger partial charge in [0.1, 0.15) is 6.07 Å². The maximum atomic E-state index is 10.5. The third-order valence-corrected chi connectivity index (χ3v) is 1.86. The first kappa shape index (κ1) is 11.0. The summed E-state index contributed by atoms with van der Waals surface area (Å²) in [5.74, 6) is -0.316. The molecule has 5 heteroatoms. The lowest BCUT2D eigenvalue weighted by Crippen LogP contribution is -2.13. The van der Waals surface area contributed by atoms with Crippen LogP contribution >= 0.6 is 0 Å². The molecule has 0 aliphatic rings. The van der Waals surface area contributed by atoms with Crippen molar-refractivity contribution in [2.75, 3.05) is 11.9 Å². The predicted octanol–water partition coefficient (Wildman–Crippen LogP) is 0.631. The Morgan fingerprint density at radius 2 is 2.47 bits per heavy atom. The molecule has 0 bridgehead atoms. The summed E-state index contributed by atoms with van der Waals surface area (Å²) in [6, 6.07) is 3.69. The van der Waals surface area contributed by atoms with Gasteiger partial charge in [-0.05, 0) is 12.5 Å². The molecule has 3 N–H and O–H groups in total. The smallest absolute Gasteiger partial charge is 0.217 e. The highest BCUT2D eigenvalue weighted by atomic mass is 16.1. The molecule has 0 saturated heterocycles. The van der Waals surface area contributed by atoms with Gasteiger partial charge < -0.3 is 11.1 Å². The van der Waals surface area contributed by atoms with Crippen molar-refractivity contribution in [3.8, 4) is 6.07 Å².